The van der Waals surface area contributed by atoms with Crippen LogP contribution in [-0.2, 0) is 11.3 Å². The zero-order valence-electron chi connectivity index (χ0n) is 19.7. The summed E-state index contributed by atoms with van der Waals surface area (Å²) in [4.78, 5) is 20.9. The highest BCUT2D eigenvalue weighted by atomic mass is 35.5. The van der Waals surface area contributed by atoms with E-state index in [9.17, 15) is 4.79 Å². The third kappa shape index (κ3) is 5.94. The van der Waals surface area contributed by atoms with Crippen LogP contribution in [0.15, 0.2) is 87.8 Å². The highest BCUT2D eigenvalue weighted by molar-refractivity contribution is 7.80. The number of nitrogens with one attached hydrogen (secondary N) is 2. The van der Waals surface area contributed by atoms with Crippen LogP contribution in [0, 0.1) is 6.92 Å². The molecule has 2 N–H and O–H groups in total. The van der Waals surface area contributed by atoms with E-state index in [4.69, 9.17) is 32.7 Å². The van der Waals surface area contributed by atoms with E-state index in [1.54, 1.807) is 24.4 Å². The number of hydrogen-bond acceptors (Lipinski definition) is 6. The van der Waals surface area contributed by atoms with Crippen molar-refractivity contribution in [2.45, 2.75) is 13.5 Å². The Kier molecular flexibility index (Phi) is 7.11. The van der Waals surface area contributed by atoms with Crippen LogP contribution < -0.4 is 10.6 Å². The van der Waals surface area contributed by atoms with Gasteiger partial charge in [0.1, 0.15) is 11.5 Å². The molecule has 0 aliphatic carbocycles. The molecule has 0 bridgehead atoms. The molecular formula is C28H21ClN4O3S. The van der Waals surface area contributed by atoms with Crippen molar-refractivity contribution in [2.24, 2.45) is 0 Å². The van der Waals surface area contributed by atoms with Gasteiger partial charge in [-0.1, -0.05) is 35.9 Å². The minimum atomic E-state index is -0.367. The van der Waals surface area contributed by atoms with Gasteiger partial charge in [0.25, 0.3) is 0 Å². The van der Waals surface area contributed by atoms with Gasteiger partial charge in [0.2, 0.25) is 11.8 Å². The van der Waals surface area contributed by atoms with Crippen molar-refractivity contribution < 1.29 is 13.6 Å². The molecule has 3 heterocycles. The second kappa shape index (κ2) is 10.8. The summed E-state index contributed by atoms with van der Waals surface area (Å²) in [5, 5.41) is 6.54. The van der Waals surface area contributed by atoms with Gasteiger partial charge in [-0.3, -0.25) is 10.1 Å². The Bertz CT molecular complexity index is 1590. The molecule has 0 radical (unpaired) electrons. The van der Waals surface area contributed by atoms with Crippen molar-refractivity contribution in [2.75, 3.05) is 0 Å². The number of amides is 1. The van der Waals surface area contributed by atoms with E-state index in [-0.39, 0.29) is 11.0 Å². The number of benzene rings is 2. The molecule has 0 fully saturated rings. The summed E-state index contributed by atoms with van der Waals surface area (Å²) in [6.45, 7) is 2.38. The molecule has 9 heteroatoms. The molecule has 5 rings (SSSR count). The molecule has 0 spiro atoms. The maximum Gasteiger partial charge on any atom is 0.250 e. The van der Waals surface area contributed by atoms with Crippen LogP contribution in [0.3, 0.4) is 0 Å². The number of carbonyl (C=O) groups excluding carboxylic acids is 1. The Morgan fingerprint density at radius 2 is 1.86 bits per heavy atom. The Hall–Kier alpha value is -4.27. The Balaban J connectivity index is 1.12. The number of nitrogens with zero attached hydrogens (tertiary/aromatic N) is 2. The number of thiocarbonyl (C=S) groups is 1. The molecule has 5 aromatic rings. The number of hydrogen-bond donors (Lipinski definition) is 2. The Morgan fingerprint density at radius 3 is 2.65 bits per heavy atom. The number of pyridine rings is 1. The molecular weight excluding hydrogens is 508 g/mol. The molecule has 1 amide bonds. The van der Waals surface area contributed by atoms with Gasteiger partial charge in [-0.2, -0.15) is 4.98 Å². The summed E-state index contributed by atoms with van der Waals surface area (Å²) in [6.07, 6.45) is 4.62. The second-order valence-electron chi connectivity index (χ2n) is 8.21. The lowest BCUT2D eigenvalue weighted by Gasteiger charge is -2.08. The van der Waals surface area contributed by atoms with Gasteiger partial charge >= 0.3 is 0 Å². The SMILES string of the molecule is Cc1ccc(-c2ccc(/C=C/C(=O)NC(=S)NCc3ccc(-c4nc5ncccc5o4)cc3)o2)cc1Cl. The molecule has 2 aromatic carbocycles. The van der Waals surface area contributed by atoms with Gasteiger partial charge in [0.15, 0.2) is 16.3 Å². The molecule has 7 nitrogen and oxygen atoms in total. The van der Waals surface area contributed by atoms with E-state index in [0.29, 0.717) is 40.2 Å². The number of halogens is 1. The zero-order valence-corrected chi connectivity index (χ0v) is 21.3. The molecule has 0 aliphatic heterocycles. The molecule has 0 unspecified atom stereocenters. The summed E-state index contributed by atoms with van der Waals surface area (Å²) in [6, 6.07) is 20.7. The molecule has 37 heavy (non-hydrogen) atoms. The van der Waals surface area contributed by atoms with Crippen LogP contribution in [0.2, 0.25) is 5.02 Å². The van der Waals surface area contributed by atoms with Gasteiger partial charge in [-0.25, -0.2) is 4.98 Å². The summed E-state index contributed by atoms with van der Waals surface area (Å²) >= 11 is 11.4. The standard InChI is InChI=1S/C28H21ClN4O3S/c1-17-4-7-20(15-22(17)29)23-12-10-21(35-23)11-13-25(34)32-28(37)31-16-18-5-8-19(9-6-18)27-33-26-24(36-27)3-2-14-30-26/h2-15H,16H2,1H3,(H2,31,32,34,37)/b13-11+. The lowest BCUT2D eigenvalue weighted by atomic mass is 10.1. The number of oxazole rings is 1. The molecule has 184 valence electrons. The minimum Gasteiger partial charge on any atom is -0.457 e. The summed E-state index contributed by atoms with van der Waals surface area (Å²) in [7, 11) is 0. The van der Waals surface area contributed by atoms with Crippen LogP contribution in [-0.4, -0.2) is 21.0 Å². The molecule has 0 aliphatic rings. The third-order valence-electron chi connectivity index (χ3n) is 5.54. The Morgan fingerprint density at radius 1 is 1.05 bits per heavy atom. The summed E-state index contributed by atoms with van der Waals surface area (Å²) in [5.74, 6) is 1.34. The van der Waals surface area contributed by atoms with Crippen LogP contribution in [0.1, 0.15) is 16.9 Å². The topological polar surface area (TPSA) is 93.2 Å². The van der Waals surface area contributed by atoms with Crippen molar-refractivity contribution in [3.8, 4) is 22.8 Å². The molecule has 0 saturated heterocycles. The van der Waals surface area contributed by atoms with E-state index in [2.05, 4.69) is 20.6 Å². The normalized spacial score (nSPS) is 11.2. The maximum absolute atomic E-state index is 12.3. The van der Waals surface area contributed by atoms with Crippen molar-refractivity contribution in [1.29, 1.82) is 0 Å². The van der Waals surface area contributed by atoms with Gasteiger partial charge in [0, 0.05) is 35.0 Å². The number of rotatable bonds is 6. The zero-order chi connectivity index (χ0) is 25.8. The van der Waals surface area contributed by atoms with Crippen molar-refractivity contribution >= 4 is 52.1 Å². The first-order valence-corrected chi connectivity index (χ1v) is 12.2. The van der Waals surface area contributed by atoms with Gasteiger partial charge < -0.3 is 14.2 Å². The van der Waals surface area contributed by atoms with Crippen LogP contribution in [0.25, 0.3) is 40.1 Å². The van der Waals surface area contributed by atoms with E-state index in [1.165, 1.54) is 6.08 Å². The van der Waals surface area contributed by atoms with Crippen LogP contribution in [0.5, 0.6) is 0 Å². The third-order valence-corrected chi connectivity index (χ3v) is 6.19. The average Bonchev–Trinajstić information content (AvgIpc) is 3.56. The van der Waals surface area contributed by atoms with Gasteiger partial charge in [-0.15, -0.1) is 0 Å². The Labute approximate surface area is 223 Å². The average molecular weight is 529 g/mol. The highest BCUT2D eigenvalue weighted by Gasteiger charge is 2.09. The molecule has 3 aromatic heterocycles. The number of aromatic nitrogens is 2. The molecule has 0 saturated carbocycles. The van der Waals surface area contributed by atoms with Crippen molar-refractivity contribution in [3.05, 3.63) is 101 Å². The quantitative estimate of drug-likeness (QED) is 0.197. The first-order valence-electron chi connectivity index (χ1n) is 11.4. The van der Waals surface area contributed by atoms with E-state index in [0.717, 1.165) is 22.3 Å². The van der Waals surface area contributed by atoms with Gasteiger partial charge in [0.05, 0.1) is 0 Å². The van der Waals surface area contributed by atoms with E-state index >= 15 is 0 Å². The predicted octanol–water partition coefficient (Wildman–Crippen LogP) is 6.32. The van der Waals surface area contributed by atoms with E-state index in [1.807, 2.05) is 61.5 Å². The lowest BCUT2D eigenvalue weighted by molar-refractivity contribution is -0.115. The summed E-state index contributed by atoms with van der Waals surface area (Å²) < 4.78 is 11.5. The van der Waals surface area contributed by atoms with Crippen LogP contribution in [0.4, 0.5) is 0 Å². The largest absolute Gasteiger partial charge is 0.457 e. The highest BCUT2D eigenvalue weighted by Crippen LogP contribution is 2.27. The molecule has 0 atom stereocenters. The van der Waals surface area contributed by atoms with E-state index < -0.39 is 0 Å². The minimum absolute atomic E-state index is 0.221. The fourth-order valence-electron chi connectivity index (χ4n) is 3.54. The fraction of sp³-hybridized carbons (Fsp3) is 0.0714. The number of aryl methyl sites for hydroxylation is 1. The fourth-order valence-corrected chi connectivity index (χ4v) is 3.89. The first-order chi connectivity index (χ1) is 17.9. The van der Waals surface area contributed by atoms with Crippen molar-refractivity contribution in [1.82, 2.24) is 20.6 Å². The van der Waals surface area contributed by atoms with Gasteiger partial charge in [-0.05, 0) is 78.8 Å². The number of fused-ring (bicyclic) bond motifs is 1. The van der Waals surface area contributed by atoms with Crippen LogP contribution >= 0.6 is 23.8 Å². The monoisotopic (exact) mass is 528 g/mol. The number of furan rings is 1. The first kappa shape index (κ1) is 24.4. The summed E-state index contributed by atoms with van der Waals surface area (Å²) in [5.41, 5.74) is 4.89. The number of carbonyl (C=O) groups is 1. The maximum atomic E-state index is 12.3. The lowest BCUT2D eigenvalue weighted by Crippen LogP contribution is -2.37. The van der Waals surface area contributed by atoms with Crippen molar-refractivity contribution in [3.63, 3.8) is 0 Å². The predicted molar refractivity (Wildman–Crippen MR) is 148 cm³/mol. The second-order valence-corrected chi connectivity index (χ2v) is 9.03. The smallest absolute Gasteiger partial charge is 0.250 e.